The number of hydrogen-bond acceptors (Lipinski definition) is 4. The fraction of sp³-hybridized carbons (Fsp3) is 0.846. The molecule has 1 heterocycles. The van der Waals surface area contributed by atoms with Gasteiger partial charge in [-0.3, -0.25) is 5.01 Å². The molecule has 5 nitrogen and oxygen atoms in total. The van der Waals surface area contributed by atoms with E-state index in [0.29, 0.717) is 19.0 Å². The molecule has 0 aliphatic carbocycles. The van der Waals surface area contributed by atoms with Gasteiger partial charge in [0, 0.05) is 19.3 Å². The maximum Gasteiger partial charge on any atom is 0.410 e. The molecule has 104 valence electrons. The van der Waals surface area contributed by atoms with Crippen LogP contribution in [0.15, 0.2) is 5.10 Å². The number of rotatable bonds is 2. The quantitative estimate of drug-likeness (QED) is 0.710. The van der Waals surface area contributed by atoms with Crippen molar-refractivity contribution in [2.45, 2.75) is 40.2 Å². The first-order chi connectivity index (χ1) is 8.28. The standard InChI is InChI=1S/C13H25N3O2/c1-11(2)10-14-16-8-6-15(7-9-16)12(17)18-13(3,4)5/h10-11H,6-9H2,1-5H3/b14-10+. The highest BCUT2D eigenvalue weighted by molar-refractivity contribution is 5.68. The molecule has 0 saturated carbocycles. The van der Waals surface area contributed by atoms with E-state index in [1.54, 1.807) is 4.90 Å². The molecule has 5 heteroatoms. The smallest absolute Gasteiger partial charge is 0.410 e. The van der Waals surface area contributed by atoms with Crippen molar-refractivity contribution in [2.24, 2.45) is 11.0 Å². The molecule has 1 saturated heterocycles. The minimum atomic E-state index is -0.427. The molecule has 0 aromatic heterocycles. The Bertz CT molecular complexity index is 300. The van der Waals surface area contributed by atoms with Crippen molar-refractivity contribution in [2.75, 3.05) is 26.2 Å². The van der Waals surface area contributed by atoms with Crippen LogP contribution in [0.2, 0.25) is 0 Å². The molecule has 0 atom stereocenters. The van der Waals surface area contributed by atoms with Crippen LogP contribution < -0.4 is 0 Å². The highest BCUT2D eigenvalue weighted by atomic mass is 16.6. The molecule has 1 fully saturated rings. The van der Waals surface area contributed by atoms with Gasteiger partial charge in [-0.1, -0.05) is 13.8 Å². The first-order valence-corrected chi connectivity index (χ1v) is 6.55. The highest BCUT2D eigenvalue weighted by Gasteiger charge is 2.25. The number of carbonyl (C=O) groups is 1. The summed E-state index contributed by atoms with van der Waals surface area (Å²) in [5.74, 6) is 0.453. The van der Waals surface area contributed by atoms with Gasteiger partial charge in [0.2, 0.25) is 0 Å². The number of ether oxygens (including phenoxy) is 1. The SMILES string of the molecule is CC(C)/C=N/N1CCN(C(=O)OC(C)(C)C)CC1. The van der Waals surface area contributed by atoms with Gasteiger partial charge in [-0.2, -0.15) is 5.10 Å². The van der Waals surface area contributed by atoms with Crippen molar-refractivity contribution in [3.8, 4) is 0 Å². The fourth-order valence-corrected chi connectivity index (χ4v) is 1.55. The largest absolute Gasteiger partial charge is 0.444 e. The van der Waals surface area contributed by atoms with Crippen molar-refractivity contribution in [1.29, 1.82) is 0 Å². The second kappa shape index (κ2) is 6.07. The van der Waals surface area contributed by atoms with Gasteiger partial charge in [0.1, 0.15) is 5.60 Å². The minimum Gasteiger partial charge on any atom is -0.444 e. The predicted molar refractivity (Wildman–Crippen MR) is 72.7 cm³/mol. The summed E-state index contributed by atoms with van der Waals surface area (Å²) in [6.07, 6.45) is 1.71. The molecule has 18 heavy (non-hydrogen) atoms. The van der Waals surface area contributed by atoms with Crippen LogP contribution in [0.25, 0.3) is 0 Å². The molecule has 1 aliphatic heterocycles. The number of hydrogen-bond donors (Lipinski definition) is 0. The van der Waals surface area contributed by atoms with Gasteiger partial charge in [-0.25, -0.2) is 4.79 Å². The Hall–Kier alpha value is -1.26. The van der Waals surface area contributed by atoms with Gasteiger partial charge < -0.3 is 9.64 Å². The lowest BCUT2D eigenvalue weighted by molar-refractivity contribution is 0.0148. The van der Waals surface area contributed by atoms with Gasteiger partial charge in [-0.05, 0) is 26.7 Å². The van der Waals surface area contributed by atoms with E-state index in [-0.39, 0.29) is 6.09 Å². The highest BCUT2D eigenvalue weighted by Crippen LogP contribution is 2.11. The molecule has 0 N–H and O–H groups in total. The fourth-order valence-electron chi connectivity index (χ4n) is 1.55. The molecule has 0 bridgehead atoms. The van der Waals surface area contributed by atoms with Crippen LogP contribution in [0.1, 0.15) is 34.6 Å². The lowest BCUT2D eigenvalue weighted by Gasteiger charge is -2.34. The summed E-state index contributed by atoms with van der Waals surface area (Å²) in [4.78, 5) is 13.6. The molecule has 0 aromatic rings. The molecule has 0 unspecified atom stereocenters. The number of piperazine rings is 1. The minimum absolute atomic E-state index is 0.227. The zero-order valence-corrected chi connectivity index (χ0v) is 12.1. The molecule has 1 aliphatic rings. The van der Waals surface area contributed by atoms with Crippen LogP contribution in [0, 0.1) is 5.92 Å². The number of nitrogens with zero attached hydrogens (tertiary/aromatic N) is 3. The number of amides is 1. The summed E-state index contributed by atoms with van der Waals surface area (Å²) in [5.41, 5.74) is -0.427. The summed E-state index contributed by atoms with van der Waals surface area (Å²) in [6.45, 7) is 12.7. The van der Waals surface area contributed by atoms with E-state index in [9.17, 15) is 4.79 Å². The Labute approximate surface area is 110 Å². The molecular formula is C13H25N3O2. The summed E-state index contributed by atoms with van der Waals surface area (Å²) < 4.78 is 5.34. The van der Waals surface area contributed by atoms with Crippen molar-refractivity contribution in [3.05, 3.63) is 0 Å². The summed E-state index contributed by atoms with van der Waals surface area (Å²) >= 11 is 0. The van der Waals surface area contributed by atoms with E-state index in [4.69, 9.17) is 4.74 Å². The van der Waals surface area contributed by atoms with Crippen molar-refractivity contribution >= 4 is 12.3 Å². The van der Waals surface area contributed by atoms with Crippen LogP contribution in [0.5, 0.6) is 0 Å². The van der Waals surface area contributed by atoms with Crippen molar-refractivity contribution in [1.82, 2.24) is 9.91 Å². The van der Waals surface area contributed by atoms with E-state index in [1.165, 1.54) is 0 Å². The van der Waals surface area contributed by atoms with Gasteiger partial charge >= 0.3 is 6.09 Å². The summed E-state index contributed by atoms with van der Waals surface area (Å²) in [7, 11) is 0. The average molecular weight is 255 g/mol. The second-order valence-electron chi connectivity index (χ2n) is 5.93. The van der Waals surface area contributed by atoms with E-state index in [0.717, 1.165) is 13.1 Å². The van der Waals surface area contributed by atoms with Crippen LogP contribution in [0.3, 0.4) is 0 Å². The first kappa shape index (κ1) is 14.8. The van der Waals surface area contributed by atoms with Crippen LogP contribution in [-0.2, 0) is 4.74 Å². The third kappa shape index (κ3) is 5.38. The Morgan fingerprint density at radius 1 is 1.22 bits per heavy atom. The van der Waals surface area contributed by atoms with Gasteiger partial charge in [0.25, 0.3) is 0 Å². The first-order valence-electron chi connectivity index (χ1n) is 6.55. The van der Waals surface area contributed by atoms with Crippen molar-refractivity contribution < 1.29 is 9.53 Å². The Balaban J connectivity index is 2.37. The Morgan fingerprint density at radius 2 is 1.78 bits per heavy atom. The Kier molecular flexibility index (Phi) is 4.99. The molecule has 0 aromatic carbocycles. The van der Waals surface area contributed by atoms with E-state index >= 15 is 0 Å². The maximum atomic E-state index is 11.8. The van der Waals surface area contributed by atoms with E-state index in [2.05, 4.69) is 18.9 Å². The Morgan fingerprint density at radius 3 is 2.22 bits per heavy atom. The topological polar surface area (TPSA) is 45.1 Å². The predicted octanol–water partition coefficient (Wildman–Crippen LogP) is 2.18. The lowest BCUT2D eigenvalue weighted by Crippen LogP contribution is -2.48. The summed E-state index contributed by atoms with van der Waals surface area (Å²) in [6, 6.07) is 0. The molecule has 0 radical (unpaired) electrons. The van der Waals surface area contributed by atoms with E-state index < -0.39 is 5.60 Å². The van der Waals surface area contributed by atoms with E-state index in [1.807, 2.05) is 32.0 Å². The monoisotopic (exact) mass is 255 g/mol. The van der Waals surface area contributed by atoms with Gasteiger partial charge in [-0.15, -0.1) is 0 Å². The molecule has 1 amide bonds. The third-order valence-corrected chi connectivity index (χ3v) is 2.44. The van der Waals surface area contributed by atoms with Gasteiger partial charge in [0.05, 0.1) is 13.1 Å². The summed E-state index contributed by atoms with van der Waals surface area (Å²) in [5, 5.41) is 6.38. The molecule has 0 spiro atoms. The average Bonchev–Trinajstić information content (AvgIpc) is 2.24. The van der Waals surface area contributed by atoms with Crippen LogP contribution in [0.4, 0.5) is 4.79 Å². The van der Waals surface area contributed by atoms with Crippen molar-refractivity contribution in [3.63, 3.8) is 0 Å². The lowest BCUT2D eigenvalue weighted by atomic mass is 10.2. The zero-order valence-electron chi connectivity index (χ0n) is 12.1. The number of hydrazone groups is 1. The van der Waals surface area contributed by atoms with Crippen LogP contribution in [-0.4, -0.2) is 54.0 Å². The van der Waals surface area contributed by atoms with Gasteiger partial charge in [0.15, 0.2) is 0 Å². The molecule has 1 rings (SSSR count). The normalized spacial score (nSPS) is 17.7. The molecular weight excluding hydrogens is 230 g/mol. The number of carbonyl (C=O) groups excluding carboxylic acids is 1. The second-order valence-corrected chi connectivity index (χ2v) is 5.93. The third-order valence-electron chi connectivity index (χ3n) is 2.44. The zero-order chi connectivity index (χ0) is 13.8. The maximum absolute atomic E-state index is 11.8. The van der Waals surface area contributed by atoms with Crippen LogP contribution >= 0.6 is 0 Å².